The number of rotatable bonds is 8. The number of amides is 1. The van der Waals surface area contributed by atoms with Crippen molar-refractivity contribution in [1.29, 1.82) is 5.41 Å². The van der Waals surface area contributed by atoms with Crippen LogP contribution in [0.3, 0.4) is 0 Å². The Morgan fingerprint density at radius 2 is 2.06 bits per heavy atom. The van der Waals surface area contributed by atoms with Crippen molar-refractivity contribution in [3.05, 3.63) is 34.5 Å². The third kappa shape index (κ3) is 5.22. The fourth-order valence-electron chi connectivity index (χ4n) is 3.99. The number of aryl methyl sites for hydroxylation is 2. The van der Waals surface area contributed by atoms with Crippen molar-refractivity contribution in [3.63, 3.8) is 0 Å². The number of carbonyl (C=O) groups excluding carboxylic acids is 1. The zero-order chi connectivity index (χ0) is 24.2. The molecule has 0 spiro atoms. The molecule has 3 aromatic rings. The molecule has 0 saturated heterocycles. The first-order chi connectivity index (χ1) is 16.4. The summed E-state index contributed by atoms with van der Waals surface area (Å²) in [6.07, 6.45) is 6.17. The maximum Gasteiger partial charge on any atom is 0.407 e. The molecule has 1 atom stereocenters. The number of fused-ring (bicyclic) bond motifs is 3. The first-order valence-corrected chi connectivity index (χ1v) is 12.2. The molecule has 1 amide bonds. The Bertz CT molecular complexity index is 1210. The Morgan fingerprint density at radius 3 is 2.82 bits per heavy atom. The minimum atomic E-state index is -0.493. The number of benzene rings is 1. The van der Waals surface area contributed by atoms with E-state index in [0.29, 0.717) is 28.5 Å². The Morgan fingerprint density at radius 1 is 1.26 bits per heavy atom. The van der Waals surface area contributed by atoms with E-state index in [9.17, 15) is 4.79 Å². The number of hydrogen-bond donors (Lipinski definition) is 4. The first kappa shape index (κ1) is 23.7. The number of alkyl carbamates (subject to hydrolysis) is 1. The molecule has 4 rings (SSSR count). The lowest BCUT2D eigenvalue weighted by atomic mass is 9.97. The van der Waals surface area contributed by atoms with Gasteiger partial charge in [-0.3, -0.25) is 0 Å². The summed E-state index contributed by atoms with van der Waals surface area (Å²) in [6, 6.07) is 3.46. The lowest BCUT2D eigenvalue weighted by Crippen LogP contribution is -2.35. The zero-order valence-corrected chi connectivity index (χ0v) is 20.4. The standard InChI is InChI=1S/C24H30N6O3S/c1-13(2)32-24(31)27-11-14(3)33-19-9-17(26)15(10-25)8-18(19)30-22-21-16-6-4-5-7-20(16)34-23(21)29-12-28-22/h8-10,12-14,25H,4-7,11,26H2,1-3H3,(H,27,31)(H,28,29,30). The summed E-state index contributed by atoms with van der Waals surface area (Å²) in [5.74, 6) is 1.21. The van der Waals surface area contributed by atoms with E-state index >= 15 is 0 Å². The lowest BCUT2D eigenvalue weighted by molar-refractivity contribution is 0.110. The molecule has 2 aromatic heterocycles. The summed E-state index contributed by atoms with van der Waals surface area (Å²) in [7, 11) is 0. The molecule has 5 N–H and O–H groups in total. The van der Waals surface area contributed by atoms with Gasteiger partial charge in [0.15, 0.2) is 0 Å². The molecule has 1 aromatic carbocycles. The minimum Gasteiger partial charge on any atom is -0.487 e. The number of anilines is 3. The van der Waals surface area contributed by atoms with E-state index in [2.05, 4.69) is 20.6 Å². The van der Waals surface area contributed by atoms with Gasteiger partial charge < -0.3 is 31.3 Å². The normalized spacial score (nSPS) is 13.9. The van der Waals surface area contributed by atoms with E-state index in [-0.39, 0.29) is 18.8 Å². The van der Waals surface area contributed by atoms with Crippen LogP contribution < -0.4 is 21.1 Å². The van der Waals surface area contributed by atoms with Crippen LogP contribution in [0.5, 0.6) is 5.75 Å². The van der Waals surface area contributed by atoms with Crippen molar-refractivity contribution < 1.29 is 14.3 Å². The molecule has 1 aliphatic rings. The second-order valence-electron chi connectivity index (χ2n) is 8.62. The van der Waals surface area contributed by atoms with Gasteiger partial charge in [-0.05, 0) is 58.1 Å². The molecular formula is C24H30N6O3S. The molecule has 1 unspecified atom stereocenters. The van der Waals surface area contributed by atoms with Crippen LogP contribution in [0.4, 0.5) is 22.0 Å². The average molecular weight is 483 g/mol. The van der Waals surface area contributed by atoms with Gasteiger partial charge in [0.25, 0.3) is 0 Å². The predicted molar refractivity (Wildman–Crippen MR) is 136 cm³/mol. The number of ether oxygens (including phenoxy) is 2. The van der Waals surface area contributed by atoms with Gasteiger partial charge in [0, 0.05) is 28.4 Å². The van der Waals surface area contributed by atoms with Crippen LogP contribution in [0.15, 0.2) is 18.5 Å². The molecule has 10 heteroatoms. The Hall–Kier alpha value is -3.40. The van der Waals surface area contributed by atoms with E-state index < -0.39 is 6.09 Å². The largest absolute Gasteiger partial charge is 0.487 e. The van der Waals surface area contributed by atoms with Crippen molar-refractivity contribution in [2.24, 2.45) is 0 Å². The maximum absolute atomic E-state index is 11.8. The van der Waals surface area contributed by atoms with Crippen molar-refractivity contribution in [2.75, 3.05) is 17.6 Å². The van der Waals surface area contributed by atoms with E-state index in [1.54, 1.807) is 43.6 Å². The predicted octanol–water partition coefficient (Wildman–Crippen LogP) is 4.80. The molecule has 0 aliphatic heterocycles. The fourth-order valence-corrected chi connectivity index (χ4v) is 5.22. The fraction of sp³-hybridized carbons (Fsp3) is 0.417. The summed E-state index contributed by atoms with van der Waals surface area (Å²) in [5, 5.41) is 14.9. The van der Waals surface area contributed by atoms with Crippen molar-refractivity contribution >= 4 is 51.1 Å². The second-order valence-corrected chi connectivity index (χ2v) is 9.71. The van der Waals surface area contributed by atoms with Crippen LogP contribution >= 0.6 is 11.3 Å². The van der Waals surface area contributed by atoms with Crippen LogP contribution in [0.2, 0.25) is 0 Å². The van der Waals surface area contributed by atoms with Gasteiger partial charge in [-0.1, -0.05) is 0 Å². The number of hydrogen-bond acceptors (Lipinski definition) is 9. The number of nitrogens with one attached hydrogen (secondary N) is 3. The van der Waals surface area contributed by atoms with Gasteiger partial charge in [0.2, 0.25) is 0 Å². The average Bonchev–Trinajstić information content (AvgIpc) is 3.18. The highest BCUT2D eigenvalue weighted by atomic mass is 32.1. The minimum absolute atomic E-state index is 0.201. The van der Waals surface area contributed by atoms with Crippen molar-refractivity contribution in [1.82, 2.24) is 15.3 Å². The molecular weight excluding hydrogens is 452 g/mol. The topological polar surface area (TPSA) is 135 Å². The Labute approximate surface area is 202 Å². The quantitative estimate of drug-likeness (QED) is 0.268. The van der Waals surface area contributed by atoms with Crippen molar-refractivity contribution in [2.45, 2.75) is 58.7 Å². The van der Waals surface area contributed by atoms with Gasteiger partial charge in [0.05, 0.1) is 23.7 Å². The lowest BCUT2D eigenvalue weighted by Gasteiger charge is -2.20. The van der Waals surface area contributed by atoms with Crippen LogP contribution in [0.25, 0.3) is 10.2 Å². The summed E-state index contributed by atoms with van der Waals surface area (Å²) in [5.41, 5.74) is 9.09. The molecule has 2 heterocycles. The SMILES string of the molecule is CC(C)OC(=O)NCC(C)Oc1cc(N)c(C=N)cc1Nc1ncnc2sc3c(c12)CCCC3. The number of nitrogens with two attached hydrogens (primary N) is 1. The third-order valence-electron chi connectivity index (χ3n) is 5.55. The van der Waals surface area contributed by atoms with E-state index in [4.69, 9.17) is 20.6 Å². The van der Waals surface area contributed by atoms with Crippen LogP contribution in [-0.4, -0.2) is 41.0 Å². The molecule has 0 fully saturated rings. The molecule has 1 aliphatic carbocycles. The van der Waals surface area contributed by atoms with Gasteiger partial charge in [-0.15, -0.1) is 11.3 Å². The van der Waals surface area contributed by atoms with E-state index in [0.717, 1.165) is 29.5 Å². The summed E-state index contributed by atoms with van der Waals surface area (Å²) in [4.78, 5) is 23.2. The maximum atomic E-state index is 11.8. The zero-order valence-electron chi connectivity index (χ0n) is 19.6. The molecule has 9 nitrogen and oxygen atoms in total. The summed E-state index contributed by atoms with van der Waals surface area (Å²) >= 11 is 1.73. The highest BCUT2D eigenvalue weighted by Crippen LogP contribution is 2.40. The number of nitrogens with zero attached hydrogens (tertiary/aromatic N) is 2. The van der Waals surface area contributed by atoms with Crippen LogP contribution in [0.1, 0.15) is 49.6 Å². The third-order valence-corrected chi connectivity index (χ3v) is 6.75. The smallest absolute Gasteiger partial charge is 0.407 e. The first-order valence-electron chi connectivity index (χ1n) is 11.4. The summed E-state index contributed by atoms with van der Waals surface area (Å²) in [6.45, 7) is 5.69. The Kier molecular flexibility index (Phi) is 7.16. The molecule has 0 bridgehead atoms. The van der Waals surface area contributed by atoms with Gasteiger partial charge in [-0.25, -0.2) is 14.8 Å². The molecule has 180 valence electrons. The Balaban J connectivity index is 1.61. The molecule has 34 heavy (non-hydrogen) atoms. The number of thiophene rings is 1. The van der Waals surface area contributed by atoms with Gasteiger partial charge in [-0.2, -0.15) is 0 Å². The van der Waals surface area contributed by atoms with Crippen LogP contribution in [-0.2, 0) is 17.6 Å². The van der Waals surface area contributed by atoms with E-state index in [1.807, 2.05) is 6.92 Å². The van der Waals surface area contributed by atoms with Gasteiger partial charge in [0.1, 0.15) is 28.8 Å². The van der Waals surface area contributed by atoms with E-state index in [1.165, 1.54) is 23.1 Å². The highest BCUT2D eigenvalue weighted by Gasteiger charge is 2.21. The molecule has 0 radical (unpaired) electrons. The summed E-state index contributed by atoms with van der Waals surface area (Å²) < 4.78 is 11.2. The van der Waals surface area contributed by atoms with Gasteiger partial charge >= 0.3 is 6.09 Å². The van der Waals surface area contributed by atoms with Crippen LogP contribution in [0, 0.1) is 5.41 Å². The monoisotopic (exact) mass is 482 g/mol. The molecule has 0 saturated carbocycles. The number of carbonyl (C=O) groups is 1. The number of nitrogen functional groups attached to an aromatic ring is 1. The van der Waals surface area contributed by atoms with Crippen molar-refractivity contribution in [3.8, 4) is 5.75 Å². The second kappa shape index (κ2) is 10.3. The highest BCUT2D eigenvalue weighted by molar-refractivity contribution is 7.19. The number of aromatic nitrogens is 2.